The molecule has 11 heteroatoms. The summed E-state index contributed by atoms with van der Waals surface area (Å²) in [5.74, 6) is -1.39. The first-order chi connectivity index (χ1) is 17.7. The van der Waals surface area contributed by atoms with E-state index in [1.54, 1.807) is 48.5 Å². The first kappa shape index (κ1) is 25.0. The standard InChI is InChI=1S/C26H24ClFN4O4S/c27-18-7-9-19(10-8-18)32(25(33)24-21-6-2-1-5-17(21)16-30(24)26(29)34)23-12-11-20(15-22(23)28)31-13-3-4-14-37(31,35)36/h1-2,5-12,15,24H,3-4,13-14,16H2,(H2,29,34). The maximum atomic E-state index is 15.7. The maximum Gasteiger partial charge on any atom is 0.316 e. The van der Waals surface area contributed by atoms with Crippen molar-refractivity contribution in [2.75, 3.05) is 21.5 Å². The van der Waals surface area contributed by atoms with Gasteiger partial charge in [-0.05, 0) is 60.4 Å². The molecule has 0 aliphatic carbocycles. The van der Waals surface area contributed by atoms with Crippen molar-refractivity contribution in [1.29, 1.82) is 0 Å². The molecule has 3 aromatic rings. The fraction of sp³-hybridized carbons (Fsp3) is 0.231. The number of amides is 3. The van der Waals surface area contributed by atoms with Crippen molar-refractivity contribution in [1.82, 2.24) is 4.90 Å². The van der Waals surface area contributed by atoms with Crippen LogP contribution in [0.25, 0.3) is 0 Å². The third-order valence-corrected chi connectivity index (χ3v) is 8.76. The second kappa shape index (κ2) is 9.68. The van der Waals surface area contributed by atoms with E-state index in [1.165, 1.54) is 26.2 Å². The zero-order valence-corrected chi connectivity index (χ0v) is 21.3. The average Bonchev–Trinajstić information content (AvgIpc) is 3.26. The molecule has 5 rings (SSSR count). The Labute approximate surface area is 219 Å². The van der Waals surface area contributed by atoms with Gasteiger partial charge in [0.25, 0.3) is 5.91 Å². The number of rotatable bonds is 4. The Kier molecular flexibility index (Phi) is 6.55. The number of carbonyl (C=O) groups is 2. The lowest BCUT2D eigenvalue weighted by molar-refractivity contribution is -0.122. The summed E-state index contributed by atoms with van der Waals surface area (Å²) >= 11 is 6.06. The van der Waals surface area contributed by atoms with Crippen LogP contribution in [0.4, 0.5) is 26.2 Å². The third-order valence-electron chi connectivity index (χ3n) is 6.63. The SMILES string of the molecule is NC(=O)N1Cc2ccccc2C1C(=O)N(c1ccc(Cl)cc1)c1ccc(N2CCCCS2(=O)=O)cc1F. The second-order valence-electron chi connectivity index (χ2n) is 8.95. The lowest BCUT2D eigenvalue weighted by atomic mass is 10.0. The van der Waals surface area contributed by atoms with Crippen LogP contribution in [0.3, 0.4) is 0 Å². The number of nitrogens with zero attached hydrogens (tertiary/aromatic N) is 3. The molecule has 0 aromatic heterocycles. The molecule has 1 fully saturated rings. The average molecular weight is 543 g/mol. The van der Waals surface area contributed by atoms with Crippen molar-refractivity contribution in [3.63, 3.8) is 0 Å². The van der Waals surface area contributed by atoms with Crippen molar-refractivity contribution < 1.29 is 22.4 Å². The van der Waals surface area contributed by atoms with Gasteiger partial charge in [-0.2, -0.15) is 0 Å². The van der Waals surface area contributed by atoms with Crippen molar-refractivity contribution in [2.45, 2.75) is 25.4 Å². The van der Waals surface area contributed by atoms with Crippen LogP contribution in [-0.2, 0) is 21.4 Å². The summed E-state index contributed by atoms with van der Waals surface area (Å²) < 4.78 is 42.0. The number of anilines is 3. The van der Waals surface area contributed by atoms with Crippen LogP contribution in [0.15, 0.2) is 66.7 Å². The first-order valence-electron chi connectivity index (χ1n) is 11.7. The van der Waals surface area contributed by atoms with Gasteiger partial charge in [0, 0.05) is 29.9 Å². The molecule has 1 saturated heterocycles. The summed E-state index contributed by atoms with van der Waals surface area (Å²) in [7, 11) is -3.55. The molecule has 2 aliphatic heterocycles. The highest BCUT2D eigenvalue weighted by Crippen LogP contribution is 2.40. The van der Waals surface area contributed by atoms with Gasteiger partial charge < -0.3 is 10.6 Å². The molecular weight excluding hydrogens is 519 g/mol. The van der Waals surface area contributed by atoms with E-state index < -0.39 is 33.8 Å². The van der Waals surface area contributed by atoms with Gasteiger partial charge in [0.05, 0.1) is 17.1 Å². The van der Waals surface area contributed by atoms with E-state index >= 15 is 4.39 Å². The highest BCUT2D eigenvalue weighted by atomic mass is 35.5. The van der Waals surface area contributed by atoms with Gasteiger partial charge in [0.1, 0.15) is 11.9 Å². The Balaban J connectivity index is 1.61. The molecule has 3 aromatic carbocycles. The minimum absolute atomic E-state index is 0.00417. The van der Waals surface area contributed by atoms with Crippen LogP contribution in [-0.4, -0.2) is 37.6 Å². The molecule has 0 saturated carbocycles. The topological polar surface area (TPSA) is 104 Å². The molecule has 192 valence electrons. The van der Waals surface area contributed by atoms with Crippen LogP contribution in [0.2, 0.25) is 5.02 Å². The van der Waals surface area contributed by atoms with Gasteiger partial charge >= 0.3 is 6.03 Å². The highest BCUT2D eigenvalue weighted by Gasteiger charge is 2.41. The number of sulfonamides is 1. The predicted molar refractivity (Wildman–Crippen MR) is 140 cm³/mol. The number of hydrogen-bond donors (Lipinski definition) is 1. The van der Waals surface area contributed by atoms with E-state index in [1.807, 2.05) is 0 Å². The number of carbonyl (C=O) groups excluding carboxylic acids is 2. The number of fused-ring (bicyclic) bond motifs is 1. The third kappa shape index (κ3) is 4.62. The molecule has 2 aliphatic rings. The molecule has 1 atom stereocenters. The monoisotopic (exact) mass is 542 g/mol. The summed E-state index contributed by atoms with van der Waals surface area (Å²) in [5.41, 5.74) is 7.40. The summed E-state index contributed by atoms with van der Waals surface area (Å²) in [6.45, 7) is 0.401. The molecule has 1 unspecified atom stereocenters. The lowest BCUT2D eigenvalue weighted by Gasteiger charge is -2.31. The summed E-state index contributed by atoms with van der Waals surface area (Å²) in [6.07, 6.45) is 1.22. The zero-order valence-electron chi connectivity index (χ0n) is 19.7. The number of benzene rings is 3. The minimum atomic E-state index is -3.55. The van der Waals surface area contributed by atoms with Gasteiger partial charge in [0.2, 0.25) is 10.0 Å². The van der Waals surface area contributed by atoms with Gasteiger partial charge in [-0.15, -0.1) is 0 Å². The summed E-state index contributed by atoms with van der Waals surface area (Å²) in [6, 6.07) is 15.5. The fourth-order valence-electron chi connectivity index (χ4n) is 4.87. The minimum Gasteiger partial charge on any atom is -0.351 e. The van der Waals surface area contributed by atoms with Crippen LogP contribution in [0.1, 0.15) is 30.0 Å². The molecule has 2 heterocycles. The Hall–Kier alpha value is -3.63. The quantitative estimate of drug-likeness (QED) is 0.515. The van der Waals surface area contributed by atoms with Gasteiger partial charge in [-0.3, -0.25) is 14.0 Å². The van der Waals surface area contributed by atoms with Crippen LogP contribution >= 0.6 is 11.6 Å². The second-order valence-corrected chi connectivity index (χ2v) is 11.4. The zero-order chi connectivity index (χ0) is 26.3. The van der Waals surface area contributed by atoms with Gasteiger partial charge in [0.15, 0.2) is 0 Å². The molecule has 37 heavy (non-hydrogen) atoms. The van der Waals surface area contributed by atoms with Crippen LogP contribution in [0.5, 0.6) is 0 Å². The van der Waals surface area contributed by atoms with E-state index in [2.05, 4.69) is 0 Å². The van der Waals surface area contributed by atoms with Crippen LogP contribution in [0, 0.1) is 5.82 Å². The fourth-order valence-corrected chi connectivity index (χ4v) is 6.63. The first-order valence-corrected chi connectivity index (χ1v) is 13.7. The predicted octanol–water partition coefficient (Wildman–Crippen LogP) is 4.71. The highest BCUT2D eigenvalue weighted by molar-refractivity contribution is 7.92. The molecule has 3 amide bonds. The molecule has 0 radical (unpaired) electrons. The van der Waals surface area contributed by atoms with E-state index in [4.69, 9.17) is 17.3 Å². The van der Waals surface area contributed by atoms with E-state index in [-0.39, 0.29) is 30.2 Å². The maximum absolute atomic E-state index is 15.7. The van der Waals surface area contributed by atoms with Gasteiger partial charge in [-0.1, -0.05) is 35.9 Å². The van der Waals surface area contributed by atoms with Crippen molar-refractivity contribution in [2.24, 2.45) is 5.73 Å². The summed E-state index contributed by atoms with van der Waals surface area (Å²) in [4.78, 5) is 28.8. The Morgan fingerprint density at radius 3 is 2.43 bits per heavy atom. The van der Waals surface area contributed by atoms with E-state index in [9.17, 15) is 18.0 Å². The number of primary amides is 1. The van der Waals surface area contributed by atoms with Crippen molar-refractivity contribution in [3.05, 3.63) is 88.7 Å². The Bertz CT molecular complexity index is 1480. The Morgan fingerprint density at radius 2 is 1.76 bits per heavy atom. The smallest absolute Gasteiger partial charge is 0.316 e. The van der Waals surface area contributed by atoms with Crippen molar-refractivity contribution in [3.8, 4) is 0 Å². The van der Waals surface area contributed by atoms with Gasteiger partial charge in [-0.25, -0.2) is 17.6 Å². The number of hydrogen-bond acceptors (Lipinski definition) is 4. The molecule has 0 spiro atoms. The van der Waals surface area contributed by atoms with E-state index in [0.29, 0.717) is 29.1 Å². The van der Waals surface area contributed by atoms with Crippen molar-refractivity contribution >= 4 is 50.6 Å². The molecule has 0 bridgehead atoms. The number of halogens is 2. The molecule has 8 nitrogen and oxygen atoms in total. The number of urea groups is 1. The molecular formula is C26H24ClFN4O4S. The summed E-state index contributed by atoms with van der Waals surface area (Å²) in [5, 5.41) is 0.423. The molecule has 2 N–H and O–H groups in total. The normalized spacial score (nSPS) is 18.4. The van der Waals surface area contributed by atoms with Crippen LogP contribution < -0.4 is 14.9 Å². The van der Waals surface area contributed by atoms with E-state index in [0.717, 1.165) is 11.6 Å². The largest absolute Gasteiger partial charge is 0.351 e. The lowest BCUT2D eigenvalue weighted by Crippen LogP contribution is -2.43. The Morgan fingerprint density at radius 1 is 1.03 bits per heavy atom. The number of nitrogens with two attached hydrogens (primary N) is 1.